The van der Waals surface area contributed by atoms with E-state index in [1.54, 1.807) is 0 Å². The van der Waals surface area contributed by atoms with Gasteiger partial charge in [0.15, 0.2) is 0 Å². The maximum Gasteiger partial charge on any atom is 0.138 e. The molecule has 21 heavy (non-hydrogen) atoms. The Morgan fingerprint density at radius 3 is 2.52 bits per heavy atom. The van der Waals surface area contributed by atoms with Crippen LogP contribution in [0.4, 0.5) is 0 Å². The summed E-state index contributed by atoms with van der Waals surface area (Å²) in [7, 11) is 0. The van der Waals surface area contributed by atoms with E-state index < -0.39 is 0 Å². The Kier molecular flexibility index (Phi) is 4.68. The quantitative estimate of drug-likeness (QED) is 0.765. The second-order valence-electron chi connectivity index (χ2n) is 8.24. The van der Waals surface area contributed by atoms with Gasteiger partial charge in [-0.05, 0) is 43.9 Å². The summed E-state index contributed by atoms with van der Waals surface area (Å²) in [6.07, 6.45) is 10.6. The van der Waals surface area contributed by atoms with Crippen LogP contribution in [0.3, 0.4) is 0 Å². The minimum Gasteiger partial charge on any atom is -0.395 e. The maximum atomic E-state index is 12.2. The van der Waals surface area contributed by atoms with E-state index in [0.717, 1.165) is 38.5 Å². The minimum atomic E-state index is -0.224. The summed E-state index contributed by atoms with van der Waals surface area (Å²) in [6, 6.07) is 0. The predicted molar refractivity (Wildman–Crippen MR) is 87.1 cm³/mol. The maximum absolute atomic E-state index is 12.2. The average Bonchev–Trinajstić information content (AvgIpc) is 2.43. The highest BCUT2D eigenvalue weighted by molar-refractivity contribution is 5.85. The van der Waals surface area contributed by atoms with Gasteiger partial charge in [-0.15, -0.1) is 0 Å². The lowest BCUT2D eigenvalue weighted by atomic mass is 9.53. The molecule has 0 aromatic carbocycles. The molecule has 0 bridgehead atoms. The molecule has 0 aromatic heterocycles. The molecule has 1 saturated carbocycles. The molecule has 120 valence electrons. The number of ketones is 1. The van der Waals surface area contributed by atoms with Gasteiger partial charge in [0, 0.05) is 17.3 Å². The molecule has 2 aliphatic rings. The second-order valence-corrected chi connectivity index (χ2v) is 8.24. The van der Waals surface area contributed by atoms with Gasteiger partial charge in [0.1, 0.15) is 5.78 Å². The van der Waals surface area contributed by atoms with Crippen molar-refractivity contribution in [1.29, 1.82) is 0 Å². The molecule has 1 N–H and O–H groups in total. The number of hydrogen-bond acceptors (Lipinski definition) is 2. The number of carbonyl (C=O) groups is 1. The van der Waals surface area contributed by atoms with Gasteiger partial charge in [-0.1, -0.05) is 45.8 Å². The van der Waals surface area contributed by atoms with E-state index in [-0.39, 0.29) is 22.9 Å². The van der Waals surface area contributed by atoms with Gasteiger partial charge < -0.3 is 5.11 Å². The van der Waals surface area contributed by atoms with E-state index >= 15 is 0 Å². The Labute approximate surface area is 130 Å². The predicted octanol–water partition coefficient (Wildman–Crippen LogP) is 4.66. The van der Waals surface area contributed by atoms with Crippen LogP contribution in [-0.4, -0.2) is 17.5 Å². The zero-order chi connectivity index (χ0) is 15.7. The van der Waals surface area contributed by atoms with E-state index in [9.17, 15) is 9.90 Å². The monoisotopic (exact) mass is 292 g/mol. The van der Waals surface area contributed by atoms with Crippen molar-refractivity contribution >= 4 is 5.78 Å². The van der Waals surface area contributed by atoms with Crippen molar-refractivity contribution in [2.75, 3.05) is 6.61 Å². The van der Waals surface area contributed by atoms with Gasteiger partial charge in [-0.2, -0.15) is 0 Å². The molecule has 2 rings (SSSR count). The van der Waals surface area contributed by atoms with Crippen molar-refractivity contribution < 1.29 is 9.90 Å². The molecule has 2 aliphatic carbocycles. The fourth-order valence-electron chi connectivity index (χ4n) is 5.03. The van der Waals surface area contributed by atoms with Crippen LogP contribution >= 0.6 is 0 Å². The molecule has 0 unspecified atom stereocenters. The molecule has 1 fully saturated rings. The summed E-state index contributed by atoms with van der Waals surface area (Å²) < 4.78 is 0. The number of allylic oxidation sites excluding steroid dienone is 1. The van der Waals surface area contributed by atoms with Gasteiger partial charge in [0.25, 0.3) is 0 Å². The first kappa shape index (κ1) is 16.7. The fourth-order valence-corrected chi connectivity index (χ4v) is 5.03. The van der Waals surface area contributed by atoms with Crippen molar-refractivity contribution in [3.8, 4) is 0 Å². The SMILES string of the molecule is CCC[C@]1(CO)CCCC=C1[C@]1(C)CCC(=O)C(C)(C)C1. The Hall–Kier alpha value is -0.630. The molecule has 0 saturated heterocycles. The zero-order valence-corrected chi connectivity index (χ0v) is 14.3. The molecule has 2 heteroatoms. The third-order valence-electron chi connectivity index (χ3n) is 5.95. The number of hydrogen-bond donors (Lipinski definition) is 1. The largest absolute Gasteiger partial charge is 0.395 e. The van der Waals surface area contributed by atoms with Crippen LogP contribution in [0.25, 0.3) is 0 Å². The topological polar surface area (TPSA) is 37.3 Å². The van der Waals surface area contributed by atoms with Gasteiger partial charge >= 0.3 is 0 Å². The number of carbonyl (C=O) groups excluding carboxylic acids is 1. The Balaban J connectivity index is 2.37. The van der Waals surface area contributed by atoms with Gasteiger partial charge in [0.2, 0.25) is 0 Å². The van der Waals surface area contributed by atoms with E-state index in [0.29, 0.717) is 12.2 Å². The lowest BCUT2D eigenvalue weighted by Gasteiger charge is -2.51. The van der Waals surface area contributed by atoms with Crippen molar-refractivity contribution in [3.05, 3.63) is 11.6 Å². The van der Waals surface area contributed by atoms with Crippen LogP contribution in [0.5, 0.6) is 0 Å². The lowest BCUT2D eigenvalue weighted by molar-refractivity contribution is -0.132. The molecule has 2 atom stereocenters. The number of Topliss-reactive ketones (excluding diaryl/α,β-unsaturated/α-hetero) is 1. The molecule has 0 spiro atoms. The first-order valence-corrected chi connectivity index (χ1v) is 8.65. The molecular formula is C19H32O2. The van der Waals surface area contributed by atoms with E-state index in [1.807, 2.05) is 0 Å². The van der Waals surface area contributed by atoms with E-state index in [4.69, 9.17) is 0 Å². The highest BCUT2D eigenvalue weighted by Gasteiger charge is 2.49. The third-order valence-corrected chi connectivity index (χ3v) is 5.95. The third kappa shape index (κ3) is 2.97. The fraction of sp³-hybridized carbons (Fsp3) is 0.842. The number of rotatable bonds is 4. The summed E-state index contributed by atoms with van der Waals surface area (Å²) in [5.41, 5.74) is 1.29. The summed E-state index contributed by atoms with van der Waals surface area (Å²) in [6.45, 7) is 8.99. The van der Waals surface area contributed by atoms with Crippen molar-refractivity contribution in [1.82, 2.24) is 0 Å². The molecule has 0 aromatic rings. The van der Waals surface area contributed by atoms with E-state index in [1.165, 1.54) is 12.0 Å². The normalized spacial score (nSPS) is 36.4. The summed E-state index contributed by atoms with van der Waals surface area (Å²) in [4.78, 5) is 12.2. The van der Waals surface area contributed by atoms with E-state index in [2.05, 4.69) is 33.8 Å². The molecule has 0 heterocycles. The molecule has 0 radical (unpaired) electrons. The Bertz CT molecular complexity index is 435. The van der Waals surface area contributed by atoms with Crippen LogP contribution < -0.4 is 0 Å². The van der Waals surface area contributed by atoms with Crippen molar-refractivity contribution in [2.45, 2.75) is 79.1 Å². The average molecular weight is 292 g/mol. The zero-order valence-electron chi connectivity index (χ0n) is 14.3. The Morgan fingerprint density at radius 2 is 1.95 bits per heavy atom. The first-order valence-electron chi connectivity index (χ1n) is 8.65. The minimum absolute atomic E-state index is 0.0295. The van der Waals surface area contributed by atoms with Gasteiger partial charge in [-0.3, -0.25) is 4.79 Å². The van der Waals surface area contributed by atoms with Crippen LogP contribution in [0, 0.1) is 16.2 Å². The van der Waals surface area contributed by atoms with Crippen LogP contribution in [-0.2, 0) is 4.79 Å². The molecule has 0 amide bonds. The van der Waals surface area contributed by atoms with Gasteiger partial charge in [-0.25, -0.2) is 0 Å². The highest BCUT2D eigenvalue weighted by atomic mass is 16.3. The number of aliphatic hydroxyl groups excluding tert-OH is 1. The van der Waals surface area contributed by atoms with Crippen molar-refractivity contribution in [3.63, 3.8) is 0 Å². The summed E-state index contributed by atoms with van der Waals surface area (Å²) in [5.74, 6) is 0.404. The molecular weight excluding hydrogens is 260 g/mol. The van der Waals surface area contributed by atoms with Crippen LogP contribution in [0.15, 0.2) is 11.6 Å². The van der Waals surface area contributed by atoms with Crippen molar-refractivity contribution in [2.24, 2.45) is 16.2 Å². The number of aliphatic hydroxyl groups is 1. The van der Waals surface area contributed by atoms with Crippen LogP contribution in [0.2, 0.25) is 0 Å². The second kappa shape index (κ2) is 5.87. The lowest BCUT2D eigenvalue weighted by Crippen LogP contribution is -2.45. The van der Waals surface area contributed by atoms with Gasteiger partial charge in [0.05, 0.1) is 6.61 Å². The standard InChI is InChI=1S/C19H32O2/c1-5-10-19(14-20)11-7-6-8-15(19)18(4)12-9-16(21)17(2,3)13-18/h8,20H,5-7,9-14H2,1-4H3/t18-,19-/m1/s1. The molecule has 0 aliphatic heterocycles. The first-order chi connectivity index (χ1) is 9.80. The highest BCUT2D eigenvalue weighted by Crippen LogP contribution is 2.56. The smallest absolute Gasteiger partial charge is 0.138 e. The van der Waals surface area contributed by atoms with Crippen LogP contribution in [0.1, 0.15) is 79.1 Å². The molecule has 2 nitrogen and oxygen atoms in total. The summed E-state index contributed by atoms with van der Waals surface area (Å²) in [5, 5.41) is 10.2. The Morgan fingerprint density at radius 1 is 1.24 bits per heavy atom. The summed E-state index contributed by atoms with van der Waals surface area (Å²) >= 11 is 0.